The summed E-state index contributed by atoms with van der Waals surface area (Å²) in [7, 11) is 0. The number of nitrogens with zero attached hydrogens (tertiary/aromatic N) is 4. The molecule has 0 fully saturated rings. The fraction of sp³-hybridized carbons (Fsp3) is 0. The zero-order valence-corrected chi connectivity index (χ0v) is 38.1. The summed E-state index contributed by atoms with van der Waals surface area (Å²) in [5.74, 6) is 3.39. The Bertz CT molecular complexity index is 2880. The van der Waals surface area contributed by atoms with E-state index in [1.807, 2.05) is 96.3 Å². The van der Waals surface area contributed by atoms with E-state index in [1.54, 1.807) is 0 Å². The van der Waals surface area contributed by atoms with Crippen LogP contribution in [0, 0.1) is 0 Å². The molecule has 0 spiro atoms. The van der Waals surface area contributed by atoms with Crippen molar-refractivity contribution in [2.24, 2.45) is 0 Å². The number of rotatable bonds is 4. The van der Waals surface area contributed by atoms with E-state index in [1.165, 1.54) is 42.3 Å². The van der Waals surface area contributed by atoms with Crippen molar-refractivity contribution in [1.82, 2.24) is 0 Å². The number of para-hydroxylation sites is 12. The Morgan fingerprint density at radius 1 is 0.206 bits per heavy atom. The Kier molecular flexibility index (Phi) is 9.91. The van der Waals surface area contributed by atoms with E-state index in [9.17, 15) is 0 Å². The highest BCUT2D eigenvalue weighted by Gasteiger charge is 2.30. The summed E-state index contributed by atoms with van der Waals surface area (Å²) in [6.45, 7) is 0. The van der Waals surface area contributed by atoms with Crippen LogP contribution in [0.1, 0.15) is 0 Å². The molecule has 0 amide bonds. The maximum absolute atomic E-state index is 6.16. The van der Waals surface area contributed by atoms with Crippen molar-refractivity contribution in [2.45, 2.75) is 19.6 Å². The molecular weight excluding hydrogens is 873 g/mol. The van der Waals surface area contributed by atoms with E-state index in [2.05, 4.69) is 189 Å². The van der Waals surface area contributed by atoms with Gasteiger partial charge < -0.3 is 29.1 Å². The lowest BCUT2D eigenvalue weighted by Crippen LogP contribution is -2.17. The number of hydrogen-bond donors (Lipinski definition) is 0. The summed E-state index contributed by atoms with van der Waals surface area (Å²) in [5.41, 5.74) is 13.5. The average molecular weight is 913 g/mol. The van der Waals surface area contributed by atoms with E-state index < -0.39 is 0 Å². The molecule has 68 heavy (non-hydrogen) atoms. The normalized spacial score (nSPS) is 13.3. The van der Waals surface area contributed by atoms with Gasteiger partial charge in [-0.1, -0.05) is 121 Å². The van der Waals surface area contributed by atoms with Crippen LogP contribution < -0.4 is 29.1 Å². The molecule has 0 aromatic heterocycles. The van der Waals surface area contributed by atoms with Gasteiger partial charge in [0.15, 0.2) is 23.0 Å². The summed E-state index contributed by atoms with van der Waals surface area (Å²) >= 11 is 3.68. The Labute approximate surface area is 403 Å². The van der Waals surface area contributed by atoms with Gasteiger partial charge in [-0.25, -0.2) is 0 Å². The van der Waals surface area contributed by atoms with Crippen molar-refractivity contribution in [1.29, 1.82) is 0 Å². The van der Waals surface area contributed by atoms with Crippen molar-refractivity contribution < 1.29 is 9.47 Å². The van der Waals surface area contributed by atoms with Crippen LogP contribution in [0.2, 0.25) is 0 Å². The molecule has 0 unspecified atom stereocenters. The first kappa shape index (κ1) is 40.0. The molecule has 10 aromatic rings. The molecule has 8 heteroatoms. The van der Waals surface area contributed by atoms with Gasteiger partial charge in [-0.2, -0.15) is 0 Å². The van der Waals surface area contributed by atoms with Gasteiger partial charge in [-0.05, 0) is 146 Å². The minimum absolute atomic E-state index is 0.848. The lowest BCUT2D eigenvalue weighted by molar-refractivity contribution is 0.476. The summed E-state index contributed by atoms with van der Waals surface area (Å²) in [5, 5.41) is 0. The summed E-state index contributed by atoms with van der Waals surface area (Å²) in [6, 6.07) is 84.8. The molecule has 0 saturated carbocycles. The first-order valence-corrected chi connectivity index (χ1v) is 24.2. The number of hydrogen-bond acceptors (Lipinski definition) is 8. The third-order valence-electron chi connectivity index (χ3n) is 12.5. The highest BCUT2D eigenvalue weighted by Crippen LogP contribution is 2.55. The molecule has 4 heterocycles. The Morgan fingerprint density at radius 3 is 0.647 bits per heavy atom. The third kappa shape index (κ3) is 6.92. The van der Waals surface area contributed by atoms with Gasteiger partial charge in [0.05, 0.1) is 45.5 Å². The van der Waals surface area contributed by atoms with E-state index in [0.717, 1.165) is 68.5 Å². The molecule has 4 aliphatic heterocycles. The summed E-state index contributed by atoms with van der Waals surface area (Å²) in [4.78, 5) is 14.4. The molecule has 14 rings (SSSR count). The second kappa shape index (κ2) is 16.8. The zero-order valence-electron chi connectivity index (χ0n) is 36.5. The number of ether oxygens (including phenoxy) is 2. The van der Waals surface area contributed by atoms with Crippen molar-refractivity contribution >= 4 is 91.8 Å². The second-order valence-electron chi connectivity index (χ2n) is 16.5. The first-order chi connectivity index (χ1) is 33.7. The van der Waals surface area contributed by atoms with Crippen LogP contribution >= 0.6 is 23.5 Å². The fourth-order valence-corrected chi connectivity index (χ4v) is 11.5. The predicted molar refractivity (Wildman–Crippen MR) is 280 cm³/mol. The Balaban J connectivity index is 0.000000134. The number of anilines is 12. The molecule has 0 atom stereocenters. The lowest BCUT2D eigenvalue weighted by atomic mass is 10.1. The third-order valence-corrected chi connectivity index (χ3v) is 14.7. The molecule has 6 nitrogen and oxygen atoms in total. The van der Waals surface area contributed by atoms with Crippen molar-refractivity contribution in [3.63, 3.8) is 0 Å². The molecule has 0 saturated heterocycles. The van der Waals surface area contributed by atoms with Crippen molar-refractivity contribution in [2.75, 3.05) is 19.6 Å². The van der Waals surface area contributed by atoms with Gasteiger partial charge in [0.1, 0.15) is 0 Å². The van der Waals surface area contributed by atoms with E-state index in [4.69, 9.17) is 9.47 Å². The first-order valence-electron chi connectivity index (χ1n) is 22.6. The maximum Gasteiger partial charge on any atom is 0.151 e. The van der Waals surface area contributed by atoms with Crippen LogP contribution in [0.5, 0.6) is 23.0 Å². The Morgan fingerprint density at radius 2 is 0.397 bits per heavy atom. The SMILES string of the molecule is c1ccc2c(c1)Oc1ccccc1N2c1ccc(N2c3ccccc3Oc3ccccc32)cc1.c1ccc2c(c1)Sc1ccccc1N2c1ccc(N2c3ccccc3Sc3ccccc32)cc1. The van der Waals surface area contributed by atoms with Gasteiger partial charge >= 0.3 is 0 Å². The highest BCUT2D eigenvalue weighted by molar-refractivity contribution is 8.00. The maximum atomic E-state index is 6.16. The number of fused-ring (bicyclic) bond motifs is 8. The molecule has 10 aromatic carbocycles. The molecular formula is C60H40N4O2S2. The highest BCUT2D eigenvalue weighted by atomic mass is 32.2. The number of benzene rings is 10. The molecule has 324 valence electrons. The van der Waals surface area contributed by atoms with Crippen molar-refractivity contribution in [3.05, 3.63) is 243 Å². The van der Waals surface area contributed by atoms with Gasteiger partial charge in [0.2, 0.25) is 0 Å². The van der Waals surface area contributed by atoms with Crippen LogP contribution in [0.3, 0.4) is 0 Å². The minimum Gasteiger partial charge on any atom is -0.453 e. The van der Waals surface area contributed by atoms with E-state index in [0.29, 0.717) is 0 Å². The molecule has 4 aliphatic rings. The fourth-order valence-electron chi connectivity index (χ4n) is 9.43. The lowest BCUT2D eigenvalue weighted by Gasteiger charge is -2.34. The smallest absolute Gasteiger partial charge is 0.151 e. The minimum atomic E-state index is 0.848. The molecule has 0 N–H and O–H groups in total. The molecule has 0 aliphatic carbocycles. The van der Waals surface area contributed by atoms with Gasteiger partial charge in [0.25, 0.3) is 0 Å². The second-order valence-corrected chi connectivity index (χ2v) is 18.7. The Hall–Kier alpha value is -8.30. The van der Waals surface area contributed by atoms with Crippen LogP contribution in [0.25, 0.3) is 0 Å². The van der Waals surface area contributed by atoms with Crippen LogP contribution in [-0.2, 0) is 0 Å². The van der Waals surface area contributed by atoms with Crippen molar-refractivity contribution in [3.8, 4) is 23.0 Å². The van der Waals surface area contributed by atoms with E-state index >= 15 is 0 Å². The van der Waals surface area contributed by atoms with E-state index in [-0.39, 0.29) is 0 Å². The molecule has 0 radical (unpaired) electrons. The average Bonchev–Trinajstić information content (AvgIpc) is 3.40. The van der Waals surface area contributed by atoms with Crippen LogP contribution in [0.15, 0.2) is 262 Å². The topological polar surface area (TPSA) is 31.4 Å². The summed E-state index contributed by atoms with van der Waals surface area (Å²) < 4.78 is 12.3. The zero-order chi connectivity index (χ0) is 45.0. The van der Waals surface area contributed by atoms with Crippen LogP contribution in [-0.4, -0.2) is 0 Å². The monoisotopic (exact) mass is 912 g/mol. The standard InChI is InChI=1S/C30H20N2O2.C30H20N2S2/c2*1-5-13-27-23(9-1)31(24-10-2-6-14-28(24)33-27)21-17-19-22(20-18-21)32-25-11-3-7-15-29(25)34-30-16-8-4-12-26(30)32/h2*1-20H. The molecule has 0 bridgehead atoms. The summed E-state index contributed by atoms with van der Waals surface area (Å²) in [6.07, 6.45) is 0. The van der Waals surface area contributed by atoms with Gasteiger partial charge in [0, 0.05) is 42.3 Å². The quantitative estimate of drug-likeness (QED) is 0.173. The van der Waals surface area contributed by atoms with Gasteiger partial charge in [-0.3, -0.25) is 0 Å². The largest absolute Gasteiger partial charge is 0.453 e. The van der Waals surface area contributed by atoms with Crippen LogP contribution in [0.4, 0.5) is 68.2 Å². The van der Waals surface area contributed by atoms with Gasteiger partial charge in [-0.15, -0.1) is 0 Å². The predicted octanol–water partition coefficient (Wildman–Crippen LogP) is 18.4.